The van der Waals surface area contributed by atoms with Crippen molar-refractivity contribution < 1.29 is 0 Å². The maximum Gasteiger partial charge on any atom is 0.101 e. The SMILES string of the molecule is Nc1ccc(C([S])(c2ccccc2)c2ccccc2)cc1. The lowest BCUT2D eigenvalue weighted by Crippen LogP contribution is -2.22. The van der Waals surface area contributed by atoms with E-state index in [4.69, 9.17) is 18.4 Å². The molecule has 3 aromatic carbocycles. The third-order valence-electron chi connectivity index (χ3n) is 3.68. The highest BCUT2D eigenvalue weighted by molar-refractivity contribution is 7.81. The summed E-state index contributed by atoms with van der Waals surface area (Å²) in [7, 11) is 0. The lowest BCUT2D eigenvalue weighted by molar-refractivity contribution is 0.905. The fourth-order valence-electron chi connectivity index (χ4n) is 2.56. The van der Waals surface area contributed by atoms with E-state index in [2.05, 4.69) is 24.3 Å². The molecule has 0 spiro atoms. The molecule has 103 valence electrons. The lowest BCUT2D eigenvalue weighted by atomic mass is 9.84. The summed E-state index contributed by atoms with van der Waals surface area (Å²) in [6, 6.07) is 28.3. The number of rotatable bonds is 3. The Labute approximate surface area is 130 Å². The summed E-state index contributed by atoms with van der Waals surface area (Å²) in [5.74, 6) is 0. The van der Waals surface area contributed by atoms with Gasteiger partial charge in [0.2, 0.25) is 0 Å². The molecule has 0 heterocycles. The fourth-order valence-corrected chi connectivity index (χ4v) is 2.97. The van der Waals surface area contributed by atoms with Crippen LogP contribution in [0.5, 0.6) is 0 Å². The van der Waals surface area contributed by atoms with Crippen molar-refractivity contribution in [3.63, 3.8) is 0 Å². The van der Waals surface area contributed by atoms with Crippen LogP contribution in [-0.2, 0) is 4.75 Å². The lowest BCUT2D eigenvalue weighted by Gasteiger charge is -2.29. The van der Waals surface area contributed by atoms with Crippen LogP contribution < -0.4 is 5.73 Å². The van der Waals surface area contributed by atoms with Gasteiger partial charge in [-0.2, -0.15) is 0 Å². The van der Waals surface area contributed by atoms with Crippen LogP contribution in [0.2, 0.25) is 0 Å². The minimum atomic E-state index is -0.601. The second kappa shape index (κ2) is 5.66. The molecule has 0 unspecified atom stereocenters. The second-order valence-corrected chi connectivity index (χ2v) is 5.65. The molecule has 3 rings (SSSR count). The smallest absolute Gasteiger partial charge is 0.101 e. The van der Waals surface area contributed by atoms with E-state index in [0.29, 0.717) is 0 Å². The Morgan fingerprint density at radius 2 is 0.952 bits per heavy atom. The molecular formula is C19H16NS. The van der Waals surface area contributed by atoms with E-state index < -0.39 is 4.75 Å². The van der Waals surface area contributed by atoms with E-state index in [0.717, 1.165) is 22.4 Å². The van der Waals surface area contributed by atoms with Gasteiger partial charge in [0, 0.05) is 5.69 Å². The predicted octanol–water partition coefficient (Wildman–Crippen LogP) is 4.76. The van der Waals surface area contributed by atoms with Gasteiger partial charge >= 0.3 is 0 Å². The Kier molecular flexibility index (Phi) is 3.72. The van der Waals surface area contributed by atoms with Crippen LogP contribution in [0.1, 0.15) is 16.7 Å². The van der Waals surface area contributed by atoms with E-state index >= 15 is 0 Å². The minimum Gasteiger partial charge on any atom is -0.399 e. The number of nitrogens with two attached hydrogens (primary N) is 1. The molecule has 2 heteroatoms. The Hall–Kier alpha value is -2.19. The standard InChI is InChI=1S/C19H16NS/c20-18-13-11-17(12-14-18)19(21,15-7-3-1-4-8-15)16-9-5-2-6-10-16/h1-14H,20H2. The van der Waals surface area contributed by atoms with E-state index in [-0.39, 0.29) is 0 Å². The third-order valence-corrected chi connectivity index (χ3v) is 4.38. The van der Waals surface area contributed by atoms with E-state index in [9.17, 15) is 0 Å². The molecule has 0 bridgehead atoms. The van der Waals surface area contributed by atoms with Gasteiger partial charge in [0.25, 0.3) is 0 Å². The van der Waals surface area contributed by atoms with E-state index in [1.807, 2.05) is 60.7 Å². The molecule has 0 aliphatic rings. The quantitative estimate of drug-likeness (QED) is 0.546. The maximum atomic E-state index is 6.10. The third kappa shape index (κ3) is 2.55. The Morgan fingerprint density at radius 1 is 0.571 bits per heavy atom. The number of hydrogen-bond donors (Lipinski definition) is 1. The minimum absolute atomic E-state index is 0.601. The zero-order chi connectivity index (χ0) is 14.7. The topological polar surface area (TPSA) is 26.0 Å². The van der Waals surface area contributed by atoms with Gasteiger partial charge in [-0.1, -0.05) is 85.4 Å². The summed E-state index contributed by atoms with van der Waals surface area (Å²) >= 11 is 6.10. The van der Waals surface area contributed by atoms with Crippen molar-refractivity contribution in [3.8, 4) is 0 Å². The van der Waals surface area contributed by atoms with Crippen molar-refractivity contribution in [2.45, 2.75) is 4.75 Å². The summed E-state index contributed by atoms with van der Waals surface area (Å²) in [4.78, 5) is 0. The molecule has 0 amide bonds. The van der Waals surface area contributed by atoms with Crippen molar-refractivity contribution in [1.82, 2.24) is 0 Å². The highest BCUT2D eigenvalue weighted by Crippen LogP contribution is 2.42. The van der Waals surface area contributed by atoms with Crippen LogP contribution in [0, 0.1) is 0 Å². The summed E-state index contributed by atoms with van der Waals surface area (Å²) < 4.78 is -0.601. The molecule has 1 nitrogen and oxygen atoms in total. The molecule has 0 atom stereocenters. The average molecular weight is 290 g/mol. The van der Waals surface area contributed by atoms with Crippen molar-refractivity contribution in [1.29, 1.82) is 0 Å². The van der Waals surface area contributed by atoms with Gasteiger partial charge in [0.15, 0.2) is 0 Å². The highest BCUT2D eigenvalue weighted by atomic mass is 32.1. The second-order valence-electron chi connectivity index (χ2n) is 5.04. The largest absolute Gasteiger partial charge is 0.399 e. The molecule has 0 aliphatic heterocycles. The van der Waals surface area contributed by atoms with Crippen molar-refractivity contribution in [3.05, 3.63) is 102 Å². The first kappa shape index (κ1) is 13.8. The van der Waals surface area contributed by atoms with Gasteiger partial charge in [0.1, 0.15) is 4.75 Å². The number of anilines is 1. The van der Waals surface area contributed by atoms with Gasteiger partial charge < -0.3 is 5.73 Å². The Balaban J connectivity index is 2.23. The van der Waals surface area contributed by atoms with Crippen LogP contribution in [-0.4, -0.2) is 0 Å². The van der Waals surface area contributed by atoms with Gasteiger partial charge in [0.05, 0.1) is 0 Å². The molecule has 1 radical (unpaired) electrons. The first-order valence-electron chi connectivity index (χ1n) is 6.89. The van der Waals surface area contributed by atoms with Crippen LogP contribution in [0.3, 0.4) is 0 Å². The zero-order valence-corrected chi connectivity index (χ0v) is 12.4. The van der Waals surface area contributed by atoms with Gasteiger partial charge in [-0.15, -0.1) is 0 Å². The summed E-state index contributed by atoms with van der Waals surface area (Å²) in [5, 5.41) is 0. The van der Waals surface area contributed by atoms with Gasteiger partial charge in [-0.25, -0.2) is 0 Å². The zero-order valence-electron chi connectivity index (χ0n) is 11.6. The van der Waals surface area contributed by atoms with Crippen LogP contribution >= 0.6 is 12.6 Å². The van der Waals surface area contributed by atoms with E-state index in [1.54, 1.807) is 0 Å². The average Bonchev–Trinajstić information content (AvgIpc) is 2.56. The molecule has 21 heavy (non-hydrogen) atoms. The van der Waals surface area contributed by atoms with Crippen molar-refractivity contribution >= 4 is 18.3 Å². The highest BCUT2D eigenvalue weighted by Gasteiger charge is 2.32. The molecule has 0 saturated carbocycles. The molecule has 0 aliphatic carbocycles. The summed E-state index contributed by atoms with van der Waals surface area (Å²) in [5.41, 5.74) is 9.81. The monoisotopic (exact) mass is 290 g/mol. The Bertz CT molecular complexity index is 666. The Morgan fingerprint density at radius 3 is 1.38 bits per heavy atom. The molecule has 2 N–H and O–H groups in total. The molecule has 3 aromatic rings. The van der Waals surface area contributed by atoms with Crippen molar-refractivity contribution in [2.24, 2.45) is 0 Å². The van der Waals surface area contributed by atoms with Gasteiger partial charge in [-0.3, -0.25) is 0 Å². The van der Waals surface area contributed by atoms with E-state index in [1.165, 1.54) is 0 Å². The van der Waals surface area contributed by atoms with Crippen LogP contribution in [0.4, 0.5) is 5.69 Å². The molecule has 0 aromatic heterocycles. The number of hydrogen-bond acceptors (Lipinski definition) is 1. The fraction of sp³-hybridized carbons (Fsp3) is 0.0526. The predicted molar refractivity (Wildman–Crippen MR) is 91.2 cm³/mol. The molecule has 0 fully saturated rings. The number of benzene rings is 3. The maximum absolute atomic E-state index is 6.10. The molecule has 0 saturated heterocycles. The van der Waals surface area contributed by atoms with Crippen molar-refractivity contribution in [2.75, 3.05) is 5.73 Å². The first-order valence-corrected chi connectivity index (χ1v) is 7.29. The van der Waals surface area contributed by atoms with Crippen LogP contribution in [0.15, 0.2) is 84.9 Å². The summed E-state index contributed by atoms with van der Waals surface area (Å²) in [6.07, 6.45) is 0. The first-order chi connectivity index (χ1) is 10.2. The summed E-state index contributed by atoms with van der Waals surface area (Å²) in [6.45, 7) is 0. The van der Waals surface area contributed by atoms with Crippen LogP contribution in [0.25, 0.3) is 0 Å². The number of nitrogen functional groups attached to an aromatic ring is 1. The molecular weight excluding hydrogens is 274 g/mol. The van der Waals surface area contributed by atoms with Gasteiger partial charge in [-0.05, 0) is 28.8 Å². The normalized spacial score (nSPS) is 11.3.